The fourth-order valence-corrected chi connectivity index (χ4v) is 2.18. The van der Waals surface area contributed by atoms with Crippen molar-refractivity contribution in [3.05, 3.63) is 12.3 Å². The van der Waals surface area contributed by atoms with Crippen LogP contribution in [0.25, 0.3) is 0 Å². The largest absolute Gasteiger partial charge is 0.405 e. The van der Waals surface area contributed by atoms with E-state index in [1.807, 2.05) is 0 Å². The first-order chi connectivity index (χ1) is 6.86. The van der Waals surface area contributed by atoms with Gasteiger partial charge in [-0.1, -0.05) is 25.8 Å². The Hall–Kier alpha value is -0.500. The third-order valence-electron chi connectivity index (χ3n) is 3.26. The summed E-state index contributed by atoms with van der Waals surface area (Å²) in [5.41, 5.74) is 5.32. The number of allylic oxidation sites excluding steroid dienone is 1. The maximum absolute atomic E-state index is 5.32. The molecule has 1 rings (SSSR count). The molecule has 1 aliphatic rings. The van der Waals surface area contributed by atoms with Crippen LogP contribution in [0.1, 0.15) is 45.4 Å². The fourth-order valence-electron chi connectivity index (χ4n) is 2.18. The number of rotatable bonds is 4. The Morgan fingerprint density at radius 2 is 2.29 bits per heavy atom. The van der Waals surface area contributed by atoms with E-state index in [-0.39, 0.29) is 0 Å². The molecule has 82 valence electrons. The molecule has 2 nitrogen and oxygen atoms in total. The van der Waals surface area contributed by atoms with Crippen LogP contribution in [0, 0.1) is 5.92 Å². The van der Waals surface area contributed by atoms with Gasteiger partial charge in [-0.05, 0) is 44.3 Å². The van der Waals surface area contributed by atoms with Crippen LogP contribution in [0.4, 0.5) is 0 Å². The summed E-state index contributed by atoms with van der Waals surface area (Å²) in [5.74, 6) is 0.907. The van der Waals surface area contributed by atoms with Crippen molar-refractivity contribution in [2.75, 3.05) is 6.54 Å². The fraction of sp³-hybridized carbons (Fsp3) is 0.833. The van der Waals surface area contributed by atoms with E-state index < -0.39 is 0 Å². The predicted molar refractivity (Wildman–Crippen MR) is 62.0 cm³/mol. The van der Waals surface area contributed by atoms with Gasteiger partial charge in [-0.15, -0.1) is 0 Å². The quantitative estimate of drug-likeness (QED) is 0.724. The normalized spacial score (nSPS) is 29.2. The molecule has 0 bridgehead atoms. The van der Waals surface area contributed by atoms with Crippen LogP contribution in [0.2, 0.25) is 0 Å². The second-order valence-corrected chi connectivity index (χ2v) is 4.32. The SMILES string of the molecule is CCC1CCCC(CC/C=C\N)NC1. The van der Waals surface area contributed by atoms with E-state index in [0.29, 0.717) is 0 Å². The van der Waals surface area contributed by atoms with Gasteiger partial charge in [-0.25, -0.2) is 0 Å². The predicted octanol–water partition coefficient (Wildman–Crippen LogP) is 2.41. The third kappa shape index (κ3) is 4.14. The smallest absolute Gasteiger partial charge is 0.00701 e. The van der Waals surface area contributed by atoms with E-state index in [9.17, 15) is 0 Å². The molecule has 0 aromatic heterocycles. The van der Waals surface area contributed by atoms with Gasteiger partial charge in [0.25, 0.3) is 0 Å². The highest BCUT2D eigenvalue weighted by molar-refractivity contribution is 4.81. The Balaban J connectivity index is 2.20. The van der Waals surface area contributed by atoms with Crippen LogP contribution in [-0.2, 0) is 0 Å². The molecule has 0 aliphatic carbocycles. The highest BCUT2D eigenvalue weighted by atomic mass is 14.9. The second kappa shape index (κ2) is 6.88. The first kappa shape index (κ1) is 11.6. The lowest BCUT2D eigenvalue weighted by molar-refractivity contribution is 0.439. The average molecular weight is 196 g/mol. The molecular formula is C12H24N2. The zero-order chi connectivity index (χ0) is 10.2. The van der Waals surface area contributed by atoms with E-state index in [1.165, 1.54) is 38.6 Å². The minimum atomic E-state index is 0.725. The van der Waals surface area contributed by atoms with Crippen molar-refractivity contribution in [1.82, 2.24) is 5.32 Å². The van der Waals surface area contributed by atoms with Crippen molar-refractivity contribution < 1.29 is 0 Å². The standard InChI is InChI=1S/C12H24N2/c1-2-11-6-5-8-12(14-10-11)7-3-4-9-13/h4,9,11-12,14H,2-3,5-8,10,13H2,1H3/b9-4-. The number of hydrogen-bond acceptors (Lipinski definition) is 2. The first-order valence-electron chi connectivity index (χ1n) is 5.97. The highest BCUT2D eigenvalue weighted by Crippen LogP contribution is 2.18. The van der Waals surface area contributed by atoms with Crippen molar-refractivity contribution in [3.63, 3.8) is 0 Å². The number of nitrogens with one attached hydrogen (secondary N) is 1. The summed E-state index contributed by atoms with van der Waals surface area (Å²) >= 11 is 0. The molecule has 0 amide bonds. The van der Waals surface area contributed by atoms with Gasteiger partial charge in [0.1, 0.15) is 0 Å². The summed E-state index contributed by atoms with van der Waals surface area (Å²) in [4.78, 5) is 0. The zero-order valence-electron chi connectivity index (χ0n) is 9.34. The molecule has 0 saturated carbocycles. The van der Waals surface area contributed by atoms with Crippen LogP contribution in [0.15, 0.2) is 12.3 Å². The Labute approximate surface area is 87.9 Å². The molecule has 3 N–H and O–H groups in total. The van der Waals surface area contributed by atoms with E-state index >= 15 is 0 Å². The molecule has 0 aromatic carbocycles. The lowest BCUT2D eigenvalue weighted by Gasteiger charge is -2.15. The van der Waals surface area contributed by atoms with Gasteiger partial charge in [-0.2, -0.15) is 0 Å². The van der Waals surface area contributed by atoms with Crippen molar-refractivity contribution in [3.8, 4) is 0 Å². The molecule has 2 heteroatoms. The molecular weight excluding hydrogens is 172 g/mol. The first-order valence-corrected chi connectivity index (χ1v) is 5.97. The van der Waals surface area contributed by atoms with Gasteiger partial charge in [0.15, 0.2) is 0 Å². The van der Waals surface area contributed by atoms with Gasteiger partial charge in [0.2, 0.25) is 0 Å². The molecule has 1 fully saturated rings. The Kier molecular flexibility index (Phi) is 5.69. The highest BCUT2D eigenvalue weighted by Gasteiger charge is 2.15. The molecule has 0 spiro atoms. The van der Waals surface area contributed by atoms with Crippen molar-refractivity contribution in [2.45, 2.75) is 51.5 Å². The van der Waals surface area contributed by atoms with Crippen molar-refractivity contribution in [1.29, 1.82) is 0 Å². The van der Waals surface area contributed by atoms with E-state index in [4.69, 9.17) is 5.73 Å². The second-order valence-electron chi connectivity index (χ2n) is 4.32. The summed E-state index contributed by atoms with van der Waals surface area (Å²) in [6.07, 6.45) is 11.5. The molecule has 14 heavy (non-hydrogen) atoms. The van der Waals surface area contributed by atoms with Crippen LogP contribution < -0.4 is 11.1 Å². The zero-order valence-corrected chi connectivity index (χ0v) is 9.34. The van der Waals surface area contributed by atoms with E-state index in [0.717, 1.165) is 18.4 Å². The van der Waals surface area contributed by atoms with Crippen LogP contribution in [-0.4, -0.2) is 12.6 Å². The summed E-state index contributed by atoms with van der Waals surface area (Å²) < 4.78 is 0. The van der Waals surface area contributed by atoms with Gasteiger partial charge in [0.05, 0.1) is 0 Å². The third-order valence-corrected chi connectivity index (χ3v) is 3.26. The molecule has 2 unspecified atom stereocenters. The monoisotopic (exact) mass is 196 g/mol. The molecule has 1 saturated heterocycles. The minimum Gasteiger partial charge on any atom is -0.405 e. The summed E-state index contributed by atoms with van der Waals surface area (Å²) in [6.45, 7) is 3.51. The van der Waals surface area contributed by atoms with Crippen molar-refractivity contribution >= 4 is 0 Å². The number of hydrogen-bond donors (Lipinski definition) is 2. The summed E-state index contributed by atoms with van der Waals surface area (Å²) in [6, 6.07) is 0.725. The maximum Gasteiger partial charge on any atom is 0.00701 e. The minimum absolute atomic E-state index is 0.725. The molecule has 0 radical (unpaired) electrons. The molecule has 0 aromatic rings. The van der Waals surface area contributed by atoms with E-state index in [2.05, 4.69) is 18.3 Å². The van der Waals surface area contributed by atoms with Crippen LogP contribution >= 0.6 is 0 Å². The van der Waals surface area contributed by atoms with Crippen LogP contribution in [0.3, 0.4) is 0 Å². The Bertz CT molecular complexity index is 166. The lowest BCUT2D eigenvalue weighted by Crippen LogP contribution is -2.30. The Morgan fingerprint density at radius 1 is 1.43 bits per heavy atom. The van der Waals surface area contributed by atoms with Crippen molar-refractivity contribution in [2.24, 2.45) is 11.7 Å². The van der Waals surface area contributed by atoms with Gasteiger partial charge in [-0.3, -0.25) is 0 Å². The summed E-state index contributed by atoms with van der Waals surface area (Å²) in [5, 5.41) is 3.67. The molecule has 2 atom stereocenters. The molecule has 1 heterocycles. The van der Waals surface area contributed by atoms with Gasteiger partial charge in [0, 0.05) is 6.04 Å². The lowest BCUT2D eigenvalue weighted by atomic mass is 10.00. The number of nitrogens with two attached hydrogens (primary N) is 1. The topological polar surface area (TPSA) is 38.0 Å². The van der Waals surface area contributed by atoms with Gasteiger partial charge < -0.3 is 11.1 Å². The summed E-state index contributed by atoms with van der Waals surface area (Å²) in [7, 11) is 0. The van der Waals surface area contributed by atoms with E-state index in [1.54, 1.807) is 6.20 Å². The Morgan fingerprint density at radius 3 is 3.00 bits per heavy atom. The molecule has 1 aliphatic heterocycles. The maximum atomic E-state index is 5.32. The van der Waals surface area contributed by atoms with Gasteiger partial charge >= 0.3 is 0 Å². The average Bonchev–Trinajstić information content (AvgIpc) is 2.43. The van der Waals surface area contributed by atoms with Crippen LogP contribution in [0.5, 0.6) is 0 Å².